The van der Waals surface area contributed by atoms with Gasteiger partial charge in [-0.25, -0.2) is 9.59 Å². The molecule has 0 unspecified atom stereocenters. The molecule has 0 saturated carbocycles. The number of hydrogen-bond donors (Lipinski definition) is 1. The highest BCUT2D eigenvalue weighted by molar-refractivity contribution is 5.93. The van der Waals surface area contributed by atoms with E-state index < -0.39 is 0 Å². The van der Waals surface area contributed by atoms with Crippen LogP contribution in [-0.2, 0) is 4.74 Å². The Bertz CT molecular complexity index is 747. The lowest BCUT2D eigenvalue weighted by Gasteiger charge is -2.33. The Morgan fingerprint density at radius 2 is 1.84 bits per heavy atom. The SMILES string of the molecule is COC(=O)c1ccc(NC(=O)N2CCC(n3cccc3)CC2)c(C)c1. The number of likely N-dealkylation sites (tertiary alicyclic amines) is 1. The van der Waals surface area contributed by atoms with E-state index in [1.807, 2.05) is 24.0 Å². The normalized spacial score (nSPS) is 15.0. The second kappa shape index (κ2) is 7.42. The van der Waals surface area contributed by atoms with E-state index in [4.69, 9.17) is 4.74 Å². The Balaban J connectivity index is 1.59. The Morgan fingerprint density at radius 1 is 1.16 bits per heavy atom. The highest BCUT2D eigenvalue weighted by atomic mass is 16.5. The number of ether oxygens (including phenoxy) is 1. The fourth-order valence-corrected chi connectivity index (χ4v) is 3.20. The molecular weight excluding hydrogens is 318 g/mol. The zero-order valence-electron chi connectivity index (χ0n) is 14.6. The minimum atomic E-state index is -0.381. The van der Waals surface area contributed by atoms with Gasteiger partial charge in [-0.15, -0.1) is 0 Å². The molecule has 0 atom stereocenters. The molecule has 1 saturated heterocycles. The number of nitrogens with zero attached hydrogens (tertiary/aromatic N) is 2. The number of esters is 1. The average molecular weight is 341 g/mol. The molecule has 0 aliphatic carbocycles. The van der Waals surface area contributed by atoms with Gasteiger partial charge in [0.2, 0.25) is 0 Å². The van der Waals surface area contributed by atoms with Gasteiger partial charge in [-0.05, 0) is 55.7 Å². The molecule has 1 aromatic carbocycles. The summed E-state index contributed by atoms with van der Waals surface area (Å²) < 4.78 is 6.92. The number of aromatic nitrogens is 1. The van der Waals surface area contributed by atoms with Gasteiger partial charge in [0.05, 0.1) is 12.7 Å². The Hall–Kier alpha value is -2.76. The summed E-state index contributed by atoms with van der Waals surface area (Å²) in [4.78, 5) is 25.9. The molecule has 0 spiro atoms. The molecular formula is C19H23N3O3. The van der Waals surface area contributed by atoms with Crippen molar-refractivity contribution in [3.63, 3.8) is 0 Å². The molecule has 6 heteroatoms. The highest BCUT2D eigenvalue weighted by Gasteiger charge is 2.23. The van der Waals surface area contributed by atoms with Crippen molar-refractivity contribution in [2.24, 2.45) is 0 Å². The summed E-state index contributed by atoms with van der Waals surface area (Å²) in [7, 11) is 1.35. The Kier molecular flexibility index (Phi) is 5.07. The standard InChI is InChI=1S/C19H23N3O3/c1-14-13-15(18(23)25-2)5-6-17(14)20-19(24)22-11-7-16(8-12-22)21-9-3-4-10-21/h3-6,9-10,13,16H,7-8,11-12H2,1-2H3,(H,20,24). The van der Waals surface area contributed by atoms with Gasteiger partial charge in [-0.1, -0.05) is 0 Å². The van der Waals surface area contributed by atoms with Crippen molar-refractivity contribution in [1.29, 1.82) is 0 Å². The van der Waals surface area contributed by atoms with Crippen LogP contribution >= 0.6 is 0 Å². The van der Waals surface area contributed by atoms with Crippen molar-refractivity contribution in [3.8, 4) is 0 Å². The van der Waals surface area contributed by atoms with E-state index in [1.54, 1.807) is 18.2 Å². The fraction of sp³-hybridized carbons (Fsp3) is 0.368. The number of carbonyl (C=O) groups excluding carboxylic acids is 2. The zero-order chi connectivity index (χ0) is 17.8. The third kappa shape index (κ3) is 3.84. The van der Waals surface area contributed by atoms with E-state index in [9.17, 15) is 9.59 Å². The van der Waals surface area contributed by atoms with Crippen molar-refractivity contribution in [1.82, 2.24) is 9.47 Å². The number of amides is 2. The number of nitrogens with one attached hydrogen (secondary N) is 1. The first-order valence-electron chi connectivity index (χ1n) is 8.46. The molecule has 25 heavy (non-hydrogen) atoms. The van der Waals surface area contributed by atoms with Crippen LogP contribution in [0.1, 0.15) is 34.8 Å². The molecule has 2 heterocycles. The van der Waals surface area contributed by atoms with E-state index in [0.29, 0.717) is 17.3 Å². The molecule has 132 valence electrons. The van der Waals surface area contributed by atoms with Crippen molar-refractivity contribution >= 4 is 17.7 Å². The van der Waals surface area contributed by atoms with E-state index in [2.05, 4.69) is 22.3 Å². The number of benzene rings is 1. The van der Waals surface area contributed by atoms with E-state index in [-0.39, 0.29) is 12.0 Å². The van der Waals surface area contributed by atoms with Gasteiger partial charge in [0, 0.05) is 37.2 Å². The molecule has 0 bridgehead atoms. The molecule has 1 aromatic heterocycles. The number of anilines is 1. The molecule has 1 N–H and O–H groups in total. The fourth-order valence-electron chi connectivity index (χ4n) is 3.20. The summed E-state index contributed by atoms with van der Waals surface area (Å²) in [6.07, 6.45) is 6.05. The number of rotatable bonds is 3. The van der Waals surface area contributed by atoms with E-state index >= 15 is 0 Å². The molecule has 1 fully saturated rings. The van der Waals surface area contributed by atoms with Crippen molar-refractivity contribution in [2.45, 2.75) is 25.8 Å². The van der Waals surface area contributed by atoms with Crippen LogP contribution in [-0.4, -0.2) is 41.7 Å². The highest BCUT2D eigenvalue weighted by Crippen LogP contribution is 2.24. The van der Waals surface area contributed by atoms with Crippen molar-refractivity contribution in [2.75, 3.05) is 25.5 Å². The number of urea groups is 1. The molecule has 1 aliphatic rings. The maximum Gasteiger partial charge on any atom is 0.337 e. The number of methoxy groups -OCH3 is 1. The van der Waals surface area contributed by atoms with Crippen LogP contribution in [0.4, 0.5) is 10.5 Å². The lowest BCUT2D eigenvalue weighted by molar-refractivity contribution is 0.0600. The summed E-state index contributed by atoms with van der Waals surface area (Å²) in [5.41, 5.74) is 2.02. The van der Waals surface area contributed by atoms with Crippen molar-refractivity contribution in [3.05, 3.63) is 53.9 Å². The quantitative estimate of drug-likeness (QED) is 0.870. The lowest BCUT2D eigenvalue weighted by atomic mass is 10.1. The second-order valence-corrected chi connectivity index (χ2v) is 6.30. The summed E-state index contributed by atoms with van der Waals surface area (Å²) in [6.45, 7) is 3.32. The van der Waals surface area contributed by atoms with Gasteiger partial charge in [-0.3, -0.25) is 0 Å². The van der Waals surface area contributed by atoms with Gasteiger partial charge in [0.1, 0.15) is 0 Å². The average Bonchev–Trinajstić information content (AvgIpc) is 3.17. The third-order valence-corrected chi connectivity index (χ3v) is 4.69. The minimum absolute atomic E-state index is 0.0973. The number of aryl methyl sites for hydroxylation is 1. The molecule has 2 aromatic rings. The largest absolute Gasteiger partial charge is 0.465 e. The predicted molar refractivity (Wildman–Crippen MR) is 95.8 cm³/mol. The Morgan fingerprint density at radius 3 is 2.44 bits per heavy atom. The van der Waals surface area contributed by atoms with Crippen LogP contribution < -0.4 is 5.32 Å². The van der Waals surface area contributed by atoms with E-state index in [1.165, 1.54) is 7.11 Å². The topological polar surface area (TPSA) is 63.6 Å². The first-order chi connectivity index (χ1) is 12.1. The molecule has 6 nitrogen and oxygen atoms in total. The Labute approximate surface area is 147 Å². The van der Waals surface area contributed by atoms with Crippen LogP contribution in [0.3, 0.4) is 0 Å². The predicted octanol–water partition coefficient (Wildman–Crippen LogP) is 3.45. The van der Waals surface area contributed by atoms with Gasteiger partial charge < -0.3 is 19.5 Å². The molecule has 3 rings (SSSR count). The summed E-state index contributed by atoms with van der Waals surface area (Å²) in [5.74, 6) is -0.381. The first-order valence-corrected chi connectivity index (χ1v) is 8.46. The van der Waals surface area contributed by atoms with Crippen LogP contribution in [0.5, 0.6) is 0 Å². The number of piperidine rings is 1. The summed E-state index contributed by atoms with van der Waals surface area (Å²) in [5, 5.41) is 2.94. The zero-order valence-corrected chi connectivity index (χ0v) is 14.6. The van der Waals surface area contributed by atoms with Crippen molar-refractivity contribution < 1.29 is 14.3 Å². The van der Waals surface area contributed by atoms with Crippen LogP contribution in [0, 0.1) is 6.92 Å². The minimum Gasteiger partial charge on any atom is -0.465 e. The maximum absolute atomic E-state index is 12.5. The van der Waals surface area contributed by atoms with Crippen LogP contribution in [0.2, 0.25) is 0 Å². The van der Waals surface area contributed by atoms with E-state index in [0.717, 1.165) is 31.5 Å². The van der Waals surface area contributed by atoms with Crippen LogP contribution in [0.25, 0.3) is 0 Å². The smallest absolute Gasteiger partial charge is 0.337 e. The first kappa shape index (κ1) is 17.1. The lowest BCUT2D eigenvalue weighted by Crippen LogP contribution is -2.41. The number of carbonyl (C=O) groups is 2. The molecule has 2 amide bonds. The summed E-state index contributed by atoms with van der Waals surface area (Å²) in [6, 6.07) is 9.54. The maximum atomic E-state index is 12.5. The molecule has 0 radical (unpaired) electrons. The van der Waals surface area contributed by atoms with Gasteiger partial charge in [-0.2, -0.15) is 0 Å². The second-order valence-electron chi connectivity index (χ2n) is 6.30. The molecule has 1 aliphatic heterocycles. The monoisotopic (exact) mass is 341 g/mol. The van der Waals surface area contributed by atoms with Gasteiger partial charge >= 0.3 is 12.0 Å². The summed E-state index contributed by atoms with van der Waals surface area (Å²) >= 11 is 0. The van der Waals surface area contributed by atoms with Crippen LogP contribution in [0.15, 0.2) is 42.7 Å². The van der Waals surface area contributed by atoms with Gasteiger partial charge in [0.15, 0.2) is 0 Å². The van der Waals surface area contributed by atoms with Gasteiger partial charge in [0.25, 0.3) is 0 Å². The third-order valence-electron chi connectivity index (χ3n) is 4.69. The number of hydrogen-bond acceptors (Lipinski definition) is 3.